The maximum absolute atomic E-state index is 13.3. The number of carbonyl (C=O) groups is 1. The minimum absolute atomic E-state index is 0.234. The van der Waals surface area contributed by atoms with Crippen LogP contribution in [0, 0.1) is 5.41 Å². The number of carbonyl (C=O) groups excluding carboxylic acids is 1. The minimum atomic E-state index is -0.446. The molecule has 1 amide bonds. The zero-order valence-electron chi connectivity index (χ0n) is 19.7. The zero-order chi connectivity index (χ0) is 24.8. The Morgan fingerprint density at radius 3 is 2.65 bits per heavy atom. The second-order valence-electron chi connectivity index (χ2n) is 7.78. The second-order valence-corrected chi connectivity index (χ2v) is 8.59. The number of likely N-dealkylation sites (tertiary alicyclic amines) is 1. The first kappa shape index (κ1) is 25.9. The van der Waals surface area contributed by atoms with Crippen molar-refractivity contribution in [2.45, 2.75) is 19.4 Å². The highest BCUT2D eigenvalue weighted by molar-refractivity contribution is 6.35. The van der Waals surface area contributed by atoms with Crippen molar-refractivity contribution in [3.8, 4) is 11.5 Å². The van der Waals surface area contributed by atoms with E-state index in [1.165, 1.54) is 7.11 Å². The number of ether oxygens (including phenoxy) is 3. The van der Waals surface area contributed by atoms with Crippen LogP contribution in [0.15, 0.2) is 42.0 Å². The van der Waals surface area contributed by atoms with Crippen LogP contribution in [0.25, 0.3) is 5.70 Å². The van der Waals surface area contributed by atoms with Crippen molar-refractivity contribution in [2.24, 2.45) is 0 Å². The van der Waals surface area contributed by atoms with E-state index in [-0.39, 0.29) is 10.9 Å². The molecule has 0 unspecified atom stereocenters. The molecule has 7 nitrogen and oxygen atoms in total. The van der Waals surface area contributed by atoms with E-state index in [1.54, 1.807) is 43.3 Å². The van der Waals surface area contributed by atoms with Gasteiger partial charge in [-0.15, -0.1) is 0 Å². The first-order valence-corrected chi connectivity index (χ1v) is 11.6. The largest absolute Gasteiger partial charge is 0.495 e. The topological polar surface area (TPSA) is 83.9 Å². The first-order chi connectivity index (χ1) is 16.3. The molecule has 0 spiro atoms. The Morgan fingerprint density at radius 2 is 1.97 bits per heavy atom. The van der Waals surface area contributed by atoms with Crippen LogP contribution in [-0.4, -0.2) is 63.6 Å². The van der Waals surface area contributed by atoms with Gasteiger partial charge in [0.05, 0.1) is 36.1 Å². The van der Waals surface area contributed by atoms with Crippen LogP contribution in [0.4, 0.5) is 0 Å². The molecule has 2 aromatic carbocycles. The van der Waals surface area contributed by atoms with Crippen molar-refractivity contribution in [2.75, 3.05) is 41.0 Å². The lowest BCUT2D eigenvalue weighted by Gasteiger charge is -2.36. The van der Waals surface area contributed by atoms with E-state index in [0.29, 0.717) is 54.0 Å². The molecule has 1 saturated heterocycles. The average molecular weight is 506 g/mol. The Morgan fingerprint density at radius 1 is 1.21 bits per heavy atom. The van der Waals surface area contributed by atoms with Gasteiger partial charge in [0, 0.05) is 42.6 Å². The van der Waals surface area contributed by atoms with Crippen LogP contribution >= 0.6 is 23.2 Å². The third-order valence-electron chi connectivity index (χ3n) is 5.76. The number of nitrogens with one attached hydrogen (secondary N) is 2. The molecular formula is C25H29Cl2N3O4. The molecule has 1 atom stereocenters. The molecule has 0 aromatic heterocycles. The molecule has 2 N–H and O–H groups in total. The van der Waals surface area contributed by atoms with Crippen molar-refractivity contribution < 1.29 is 19.0 Å². The number of benzene rings is 2. The van der Waals surface area contributed by atoms with Gasteiger partial charge in [0.2, 0.25) is 0 Å². The number of piperidine rings is 1. The van der Waals surface area contributed by atoms with Crippen molar-refractivity contribution >= 4 is 40.5 Å². The highest BCUT2D eigenvalue weighted by Gasteiger charge is 2.33. The number of hydrogen-bond donors (Lipinski definition) is 2. The lowest BCUT2D eigenvalue weighted by molar-refractivity contribution is 0.0728. The van der Waals surface area contributed by atoms with Gasteiger partial charge in [-0.1, -0.05) is 29.3 Å². The van der Waals surface area contributed by atoms with E-state index in [2.05, 4.69) is 5.32 Å². The Hall–Kier alpha value is -2.74. The van der Waals surface area contributed by atoms with E-state index >= 15 is 0 Å². The van der Waals surface area contributed by atoms with Gasteiger partial charge in [-0.3, -0.25) is 4.79 Å². The van der Waals surface area contributed by atoms with Gasteiger partial charge in [0.1, 0.15) is 18.1 Å². The zero-order valence-corrected chi connectivity index (χ0v) is 21.2. The summed E-state index contributed by atoms with van der Waals surface area (Å²) in [5.41, 5.74) is 3.12. The summed E-state index contributed by atoms with van der Waals surface area (Å²) in [4.78, 5) is 15.0. The Labute approximate surface area is 210 Å². The summed E-state index contributed by atoms with van der Waals surface area (Å²) >= 11 is 12.7. The summed E-state index contributed by atoms with van der Waals surface area (Å²) in [7, 11) is 4.93. The molecule has 3 rings (SSSR count). The van der Waals surface area contributed by atoms with Crippen LogP contribution in [0.1, 0.15) is 29.3 Å². The fraction of sp³-hybridized carbons (Fsp3) is 0.360. The number of amides is 1. The summed E-state index contributed by atoms with van der Waals surface area (Å²) in [6, 6.07) is 10.1. The monoisotopic (exact) mass is 505 g/mol. The van der Waals surface area contributed by atoms with Gasteiger partial charge < -0.3 is 29.8 Å². The predicted molar refractivity (Wildman–Crippen MR) is 136 cm³/mol. The molecule has 0 aliphatic carbocycles. The van der Waals surface area contributed by atoms with Gasteiger partial charge in [0.15, 0.2) is 0 Å². The van der Waals surface area contributed by atoms with Crippen molar-refractivity contribution in [1.82, 2.24) is 10.2 Å². The highest BCUT2D eigenvalue weighted by atomic mass is 35.5. The van der Waals surface area contributed by atoms with Crippen molar-refractivity contribution in [3.05, 3.63) is 63.1 Å². The van der Waals surface area contributed by atoms with E-state index in [4.69, 9.17) is 42.8 Å². The smallest absolute Gasteiger partial charge is 0.256 e. The normalized spacial score (nSPS) is 17.4. The molecule has 2 aromatic rings. The summed E-state index contributed by atoms with van der Waals surface area (Å²) in [5.74, 6) is 0.824. The molecule has 0 bridgehead atoms. The number of hydrogen-bond acceptors (Lipinski definition) is 6. The minimum Gasteiger partial charge on any atom is -0.495 e. The predicted octanol–water partition coefficient (Wildman–Crippen LogP) is 4.91. The number of halogens is 2. The van der Waals surface area contributed by atoms with Crippen LogP contribution in [0.3, 0.4) is 0 Å². The first-order valence-electron chi connectivity index (χ1n) is 10.9. The van der Waals surface area contributed by atoms with Gasteiger partial charge >= 0.3 is 0 Å². The van der Waals surface area contributed by atoms with Gasteiger partial charge in [-0.05, 0) is 43.7 Å². The third kappa shape index (κ3) is 5.49. The summed E-state index contributed by atoms with van der Waals surface area (Å²) in [5, 5.41) is 12.9. The Kier molecular flexibility index (Phi) is 8.83. The van der Waals surface area contributed by atoms with Crippen LogP contribution in [-0.2, 0) is 4.74 Å². The molecule has 182 valence electrons. The van der Waals surface area contributed by atoms with E-state index in [1.807, 2.05) is 19.1 Å². The molecular weight excluding hydrogens is 477 g/mol. The van der Waals surface area contributed by atoms with E-state index < -0.39 is 6.04 Å². The summed E-state index contributed by atoms with van der Waals surface area (Å²) in [6.45, 7) is 3.15. The van der Waals surface area contributed by atoms with Gasteiger partial charge in [0.25, 0.3) is 5.91 Å². The lowest BCUT2D eigenvalue weighted by Crippen LogP contribution is -2.48. The molecule has 0 saturated carbocycles. The Bertz CT molecular complexity index is 1100. The third-order valence-corrected chi connectivity index (χ3v) is 6.36. The lowest BCUT2D eigenvalue weighted by atomic mass is 9.90. The van der Waals surface area contributed by atoms with Crippen LogP contribution in [0.5, 0.6) is 11.5 Å². The molecule has 0 radical (unpaired) electrons. The maximum atomic E-state index is 13.3. The van der Waals surface area contributed by atoms with E-state index in [9.17, 15) is 4.79 Å². The average Bonchev–Trinajstić information content (AvgIpc) is 2.82. The van der Waals surface area contributed by atoms with Gasteiger partial charge in [-0.25, -0.2) is 0 Å². The van der Waals surface area contributed by atoms with Crippen LogP contribution in [0.2, 0.25) is 10.0 Å². The SMILES string of the molecule is CN/C(=C1/CCN(C(=O)c2cccc(OC)c2Cl)[C@H](C)C1=N)c1cc(Cl)cc(OCCOC)c1. The second kappa shape index (κ2) is 11.6. The molecule has 34 heavy (non-hydrogen) atoms. The van der Waals surface area contributed by atoms with Crippen molar-refractivity contribution in [3.63, 3.8) is 0 Å². The summed E-state index contributed by atoms with van der Waals surface area (Å²) in [6.07, 6.45) is 0.499. The fourth-order valence-corrected chi connectivity index (χ4v) is 4.51. The molecule has 9 heteroatoms. The standard InChI is InChI=1S/C25H29Cl2N3O4/c1-15-23(28)20(8-9-30(15)25(31)19-6-5-7-21(33-4)22(19)27)24(29-2)16-12-17(26)14-18(13-16)34-11-10-32-3/h5-7,12-15,28-29H,8-11H2,1-4H3/b24-20-,28-23?/t15-/m1/s1. The highest BCUT2D eigenvalue weighted by Crippen LogP contribution is 2.33. The van der Waals surface area contributed by atoms with E-state index in [0.717, 1.165) is 16.8 Å². The quantitative estimate of drug-likeness (QED) is 0.497. The van der Waals surface area contributed by atoms with Crippen LogP contribution < -0.4 is 14.8 Å². The Balaban J connectivity index is 1.89. The number of nitrogens with zero attached hydrogens (tertiary/aromatic N) is 1. The fourth-order valence-electron chi connectivity index (χ4n) is 4.00. The molecule has 1 heterocycles. The number of methoxy groups -OCH3 is 2. The van der Waals surface area contributed by atoms with Gasteiger partial charge in [-0.2, -0.15) is 0 Å². The molecule has 1 aliphatic heterocycles. The maximum Gasteiger partial charge on any atom is 0.256 e. The van der Waals surface area contributed by atoms with Crippen molar-refractivity contribution in [1.29, 1.82) is 5.41 Å². The summed E-state index contributed by atoms with van der Waals surface area (Å²) < 4.78 is 16.0. The molecule has 1 aliphatic rings. The number of rotatable bonds is 8. The molecule has 1 fully saturated rings.